The molecule has 0 radical (unpaired) electrons. The van der Waals surface area contributed by atoms with Crippen LogP contribution in [0, 0.1) is 17.0 Å². The van der Waals surface area contributed by atoms with E-state index in [-0.39, 0.29) is 22.7 Å². The minimum Gasteiger partial charge on any atom is -0.478 e. The van der Waals surface area contributed by atoms with Crippen LogP contribution in [-0.4, -0.2) is 16.0 Å². The van der Waals surface area contributed by atoms with Crippen LogP contribution >= 0.6 is 15.9 Å². The number of carboxylic acids is 1. The van der Waals surface area contributed by atoms with E-state index >= 15 is 0 Å². The van der Waals surface area contributed by atoms with Crippen LogP contribution in [0.2, 0.25) is 0 Å². The van der Waals surface area contributed by atoms with Crippen molar-refractivity contribution in [2.45, 2.75) is 6.92 Å². The first-order chi connectivity index (χ1) is 9.88. The molecular formula is C14H10BrNO5. The largest absolute Gasteiger partial charge is 0.478 e. The van der Waals surface area contributed by atoms with Crippen molar-refractivity contribution in [1.82, 2.24) is 0 Å². The van der Waals surface area contributed by atoms with Crippen LogP contribution in [0.5, 0.6) is 11.5 Å². The molecule has 0 bridgehead atoms. The SMILES string of the molecule is Cc1ccc(Oc2ccc(Br)cc2C(=O)O)cc1[N+](=O)[O-]. The Morgan fingerprint density at radius 1 is 1.29 bits per heavy atom. The van der Waals surface area contributed by atoms with Gasteiger partial charge < -0.3 is 9.84 Å². The molecular weight excluding hydrogens is 342 g/mol. The maximum absolute atomic E-state index is 11.2. The Morgan fingerprint density at radius 3 is 2.62 bits per heavy atom. The molecule has 0 heterocycles. The monoisotopic (exact) mass is 351 g/mol. The van der Waals surface area contributed by atoms with E-state index in [4.69, 9.17) is 9.84 Å². The molecule has 0 fully saturated rings. The second kappa shape index (κ2) is 5.92. The molecule has 0 atom stereocenters. The second-order valence-corrected chi connectivity index (χ2v) is 5.17. The molecule has 0 amide bonds. The van der Waals surface area contributed by atoms with Gasteiger partial charge in [0.05, 0.1) is 11.0 Å². The summed E-state index contributed by atoms with van der Waals surface area (Å²) in [5.41, 5.74) is 0.385. The van der Waals surface area contributed by atoms with Crippen LogP contribution < -0.4 is 4.74 Å². The Morgan fingerprint density at radius 2 is 2.00 bits per heavy atom. The number of rotatable bonds is 4. The number of ether oxygens (including phenoxy) is 1. The molecule has 0 aromatic heterocycles. The topological polar surface area (TPSA) is 89.7 Å². The number of nitro benzene ring substituents is 1. The number of benzene rings is 2. The van der Waals surface area contributed by atoms with Crippen molar-refractivity contribution in [1.29, 1.82) is 0 Å². The summed E-state index contributed by atoms with van der Waals surface area (Å²) in [5, 5.41) is 20.0. The third-order valence-corrected chi connectivity index (χ3v) is 3.27. The van der Waals surface area contributed by atoms with Gasteiger partial charge in [0.1, 0.15) is 17.1 Å². The van der Waals surface area contributed by atoms with Gasteiger partial charge in [-0.2, -0.15) is 0 Å². The summed E-state index contributed by atoms with van der Waals surface area (Å²) in [6.45, 7) is 1.62. The average molecular weight is 352 g/mol. The molecule has 108 valence electrons. The molecule has 0 saturated heterocycles. The number of aryl methyl sites for hydroxylation is 1. The molecule has 0 spiro atoms. The lowest BCUT2D eigenvalue weighted by molar-refractivity contribution is -0.385. The van der Waals surface area contributed by atoms with Crippen molar-refractivity contribution in [2.75, 3.05) is 0 Å². The van der Waals surface area contributed by atoms with E-state index in [2.05, 4.69) is 15.9 Å². The van der Waals surface area contributed by atoms with Gasteiger partial charge in [-0.05, 0) is 37.3 Å². The van der Waals surface area contributed by atoms with Gasteiger partial charge >= 0.3 is 5.97 Å². The zero-order valence-corrected chi connectivity index (χ0v) is 12.5. The zero-order valence-electron chi connectivity index (χ0n) is 10.9. The number of aromatic carboxylic acids is 1. The number of carbonyl (C=O) groups is 1. The number of carboxylic acid groups (broad SMARTS) is 1. The average Bonchev–Trinajstić information content (AvgIpc) is 2.42. The normalized spacial score (nSPS) is 10.2. The molecule has 2 aromatic rings. The summed E-state index contributed by atoms with van der Waals surface area (Å²) in [6, 6.07) is 8.88. The maximum Gasteiger partial charge on any atom is 0.339 e. The standard InChI is InChI=1S/C14H10BrNO5/c1-8-2-4-10(7-12(8)16(19)20)21-13-5-3-9(15)6-11(13)14(17)18/h2-7H,1H3,(H,17,18). The summed E-state index contributed by atoms with van der Waals surface area (Å²) < 4.78 is 6.06. The Balaban J connectivity index is 2.41. The summed E-state index contributed by atoms with van der Waals surface area (Å²) in [4.78, 5) is 21.6. The quantitative estimate of drug-likeness (QED) is 0.659. The third kappa shape index (κ3) is 3.38. The summed E-state index contributed by atoms with van der Waals surface area (Å²) in [5.74, 6) is -0.825. The lowest BCUT2D eigenvalue weighted by Crippen LogP contribution is -2.00. The highest BCUT2D eigenvalue weighted by molar-refractivity contribution is 9.10. The van der Waals surface area contributed by atoms with Gasteiger partial charge in [-0.15, -0.1) is 0 Å². The van der Waals surface area contributed by atoms with Gasteiger partial charge in [0.15, 0.2) is 0 Å². The molecule has 7 heteroatoms. The molecule has 0 aliphatic carbocycles. The van der Waals surface area contributed by atoms with Crippen molar-refractivity contribution in [2.24, 2.45) is 0 Å². The van der Waals surface area contributed by atoms with Gasteiger partial charge in [0.25, 0.3) is 5.69 Å². The van der Waals surface area contributed by atoms with Crippen LogP contribution in [0.15, 0.2) is 40.9 Å². The molecule has 0 unspecified atom stereocenters. The van der Waals surface area contributed by atoms with Crippen molar-refractivity contribution < 1.29 is 19.6 Å². The Hall–Kier alpha value is -2.41. The Kier molecular flexibility index (Phi) is 4.23. The molecule has 0 aliphatic heterocycles. The first-order valence-electron chi connectivity index (χ1n) is 5.84. The number of nitro groups is 1. The minimum absolute atomic E-state index is 0.0346. The molecule has 2 aromatic carbocycles. The molecule has 0 saturated carbocycles. The van der Waals surface area contributed by atoms with Gasteiger partial charge in [0.2, 0.25) is 0 Å². The highest BCUT2D eigenvalue weighted by Crippen LogP contribution is 2.31. The first kappa shape index (κ1) is 15.0. The molecule has 1 N–H and O–H groups in total. The van der Waals surface area contributed by atoms with Crippen LogP contribution in [-0.2, 0) is 0 Å². The van der Waals surface area contributed by atoms with Crippen LogP contribution in [0.25, 0.3) is 0 Å². The lowest BCUT2D eigenvalue weighted by Gasteiger charge is -2.09. The minimum atomic E-state index is -1.15. The van der Waals surface area contributed by atoms with E-state index in [0.717, 1.165) is 0 Å². The maximum atomic E-state index is 11.2. The predicted molar refractivity (Wildman–Crippen MR) is 79.0 cm³/mol. The molecule has 21 heavy (non-hydrogen) atoms. The zero-order chi connectivity index (χ0) is 15.6. The van der Waals surface area contributed by atoms with Gasteiger partial charge in [-0.3, -0.25) is 10.1 Å². The van der Waals surface area contributed by atoms with Crippen LogP contribution in [0.4, 0.5) is 5.69 Å². The molecule has 0 aliphatic rings. The van der Waals surface area contributed by atoms with E-state index < -0.39 is 10.9 Å². The van der Waals surface area contributed by atoms with Crippen molar-refractivity contribution in [3.05, 3.63) is 62.1 Å². The molecule has 6 nitrogen and oxygen atoms in total. The van der Waals surface area contributed by atoms with E-state index in [9.17, 15) is 14.9 Å². The van der Waals surface area contributed by atoms with E-state index in [1.807, 2.05) is 0 Å². The van der Waals surface area contributed by atoms with Crippen LogP contribution in [0.1, 0.15) is 15.9 Å². The lowest BCUT2D eigenvalue weighted by atomic mass is 10.2. The summed E-state index contributed by atoms with van der Waals surface area (Å²) in [7, 11) is 0. The van der Waals surface area contributed by atoms with Crippen molar-refractivity contribution in [3.8, 4) is 11.5 Å². The second-order valence-electron chi connectivity index (χ2n) is 4.25. The van der Waals surface area contributed by atoms with E-state index in [0.29, 0.717) is 10.0 Å². The van der Waals surface area contributed by atoms with E-state index in [1.165, 1.54) is 18.2 Å². The Bertz CT molecular complexity index is 729. The Labute approximate surface area is 128 Å². The van der Waals surface area contributed by atoms with Gasteiger partial charge in [-0.25, -0.2) is 4.79 Å². The van der Waals surface area contributed by atoms with Crippen molar-refractivity contribution in [3.63, 3.8) is 0 Å². The number of halogens is 1. The summed E-state index contributed by atoms with van der Waals surface area (Å²) >= 11 is 3.18. The first-order valence-corrected chi connectivity index (χ1v) is 6.63. The smallest absolute Gasteiger partial charge is 0.339 e. The fourth-order valence-electron chi connectivity index (χ4n) is 1.73. The third-order valence-electron chi connectivity index (χ3n) is 2.78. The van der Waals surface area contributed by atoms with Gasteiger partial charge in [-0.1, -0.05) is 15.9 Å². The molecule has 2 rings (SSSR count). The number of hydrogen-bond donors (Lipinski definition) is 1. The van der Waals surface area contributed by atoms with Crippen LogP contribution in [0.3, 0.4) is 0 Å². The highest BCUT2D eigenvalue weighted by Gasteiger charge is 2.15. The number of hydrogen-bond acceptors (Lipinski definition) is 4. The van der Waals surface area contributed by atoms with Gasteiger partial charge in [0, 0.05) is 10.0 Å². The van der Waals surface area contributed by atoms with E-state index in [1.54, 1.807) is 25.1 Å². The predicted octanol–water partition coefficient (Wildman–Crippen LogP) is 4.16. The highest BCUT2D eigenvalue weighted by atomic mass is 79.9. The summed E-state index contributed by atoms with van der Waals surface area (Å²) in [6.07, 6.45) is 0. The number of nitrogens with zero attached hydrogens (tertiary/aromatic N) is 1. The fraction of sp³-hybridized carbons (Fsp3) is 0.0714. The fourth-order valence-corrected chi connectivity index (χ4v) is 2.10. The van der Waals surface area contributed by atoms with Crippen molar-refractivity contribution >= 4 is 27.6 Å².